The molecule has 126 valence electrons. The van der Waals surface area contributed by atoms with E-state index in [9.17, 15) is 4.79 Å². The third-order valence-electron chi connectivity index (χ3n) is 3.97. The Bertz CT molecular complexity index is 681. The first-order valence-corrected chi connectivity index (χ1v) is 7.98. The van der Waals surface area contributed by atoms with Crippen LogP contribution in [-0.2, 0) is 16.1 Å². The molecule has 1 aliphatic heterocycles. The predicted molar refractivity (Wildman–Crippen MR) is 90.1 cm³/mol. The van der Waals surface area contributed by atoms with Crippen LogP contribution in [0.25, 0.3) is 0 Å². The van der Waals surface area contributed by atoms with Gasteiger partial charge in [0.25, 0.3) is 0 Å². The molecule has 2 aromatic rings. The molecule has 0 amide bonds. The van der Waals surface area contributed by atoms with Crippen LogP contribution in [0.4, 0.5) is 0 Å². The van der Waals surface area contributed by atoms with E-state index in [1.165, 1.54) is 7.11 Å². The van der Waals surface area contributed by atoms with Crippen molar-refractivity contribution in [2.75, 3.05) is 26.9 Å². The van der Waals surface area contributed by atoms with Gasteiger partial charge in [0, 0.05) is 6.54 Å². The number of nitrogens with one attached hydrogen (secondary N) is 1. The molecule has 1 atom stereocenters. The maximum atomic E-state index is 12.0. The standard InChI is InChI=1S/C19H21NO4/c1-22-19(21)16-8-7-15(24-12-14-5-3-2-4-6-14)11-17(16)18-13-23-10-9-20-18/h2-8,11,18,20H,9-10,12-13H2,1H3. The number of hydrogen-bond acceptors (Lipinski definition) is 5. The smallest absolute Gasteiger partial charge is 0.338 e. The summed E-state index contributed by atoms with van der Waals surface area (Å²) in [5, 5.41) is 3.37. The summed E-state index contributed by atoms with van der Waals surface area (Å²) in [7, 11) is 1.39. The van der Waals surface area contributed by atoms with Crippen molar-refractivity contribution in [2.24, 2.45) is 0 Å². The lowest BCUT2D eigenvalue weighted by Gasteiger charge is -2.26. The minimum absolute atomic E-state index is 0.0480. The predicted octanol–water partition coefficient (Wildman–Crippen LogP) is 2.71. The number of esters is 1. The molecule has 1 unspecified atom stereocenters. The molecule has 1 aliphatic rings. The van der Waals surface area contributed by atoms with E-state index in [0.29, 0.717) is 31.1 Å². The fourth-order valence-electron chi connectivity index (χ4n) is 2.72. The minimum atomic E-state index is -0.355. The van der Waals surface area contributed by atoms with Crippen molar-refractivity contribution in [3.05, 3.63) is 65.2 Å². The lowest BCUT2D eigenvalue weighted by Crippen LogP contribution is -2.35. The number of rotatable bonds is 5. The van der Waals surface area contributed by atoms with Gasteiger partial charge in [-0.15, -0.1) is 0 Å². The average Bonchev–Trinajstić information content (AvgIpc) is 2.67. The Balaban J connectivity index is 1.81. The number of carbonyl (C=O) groups excluding carboxylic acids is 1. The highest BCUT2D eigenvalue weighted by molar-refractivity contribution is 5.91. The Morgan fingerprint density at radius 1 is 1.25 bits per heavy atom. The van der Waals surface area contributed by atoms with E-state index >= 15 is 0 Å². The van der Waals surface area contributed by atoms with Crippen LogP contribution in [0.15, 0.2) is 48.5 Å². The second kappa shape index (κ2) is 7.95. The zero-order chi connectivity index (χ0) is 16.8. The van der Waals surface area contributed by atoms with Crippen LogP contribution < -0.4 is 10.1 Å². The van der Waals surface area contributed by atoms with E-state index in [4.69, 9.17) is 14.2 Å². The molecule has 0 aliphatic carbocycles. The number of ether oxygens (including phenoxy) is 3. The van der Waals surface area contributed by atoms with Gasteiger partial charge in [-0.25, -0.2) is 4.79 Å². The highest BCUT2D eigenvalue weighted by Gasteiger charge is 2.22. The molecule has 3 rings (SSSR count). The lowest BCUT2D eigenvalue weighted by molar-refractivity contribution is 0.0586. The molecule has 1 heterocycles. The highest BCUT2D eigenvalue weighted by atomic mass is 16.5. The molecular weight excluding hydrogens is 306 g/mol. The van der Waals surface area contributed by atoms with E-state index in [2.05, 4.69) is 5.32 Å². The highest BCUT2D eigenvalue weighted by Crippen LogP contribution is 2.26. The summed E-state index contributed by atoms with van der Waals surface area (Å²) in [6.45, 7) is 2.42. The molecule has 1 N–H and O–H groups in total. The van der Waals surface area contributed by atoms with Crippen LogP contribution in [0, 0.1) is 0 Å². The Labute approximate surface area is 141 Å². The minimum Gasteiger partial charge on any atom is -0.489 e. The van der Waals surface area contributed by atoms with Gasteiger partial charge in [-0.3, -0.25) is 0 Å². The molecule has 2 aromatic carbocycles. The molecule has 5 heteroatoms. The second-order valence-electron chi connectivity index (χ2n) is 5.60. The zero-order valence-electron chi connectivity index (χ0n) is 13.7. The van der Waals surface area contributed by atoms with Crippen molar-refractivity contribution < 1.29 is 19.0 Å². The summed E-state index contributed by atoms with van der Waals surface area (Å²) in [4.78, 5) is 12.0. The monoisotopic (exact) mass is 327 g/mol. The third kappa shape index (κ3) is 3.93. The number of hydrogen-bond donors (Lipinski definition) is 1. The molecule has 0 saturated carbocycles. The SMILES string of the molecule is COC(=O)c1ccc(OCc2ccccc2)cc1C1COCCN1. The summed E-state index contributed by atoms with van der Waals surface area (Å²) in [6, 6.07) is 15.3. The van der Waals surface area contributed by atoms with Crippen LogP contribution in [0.2, 0.25) is 0 Å². The van der Waals surface area contributed by atoms with Gasteiger partial charge >= 0.3 is 5.97 Å². The average molecular weight is 327 g/mol. The third-order valence-corrected chi connectivity index (χ3v) is 3.97. The molecule has 24 heavy (non-hydrogen) atoms. The topological polar surface area (TPSA) is 56.8 Å². The van der Waals surface area contributed by atoms with Gasteiger partial charge in [0.05, 0.1) is 31.9 Å². The van der Waals surface area contributed by atoms with Gasteiger partial charge in [-0.1, -0.05) is 30.3 Å². The van der Waals surface area contributed by atoms with Crippen LogP contribution >= 0.6 is 0 Å². The first-order chi connectivity index (χ1) is 11.8. The molecule has 1 saturated heterocycles. The molecule has 0 bridgehead atoms. The van der Waals surface area contributed by atoms with Crippen molar-refractivity contribution in [1.82, 2.24) is 5.32 Å². The normalized spacial score (nSPS) is 17.3. The van der Waals surface area contributed by atoms with Crippen molar-refractivity contribution >= 4 is 5.97 Å². The van der Waals surface area contributed by atoms with Gasteiger partial charge in [0.15, 0.2) is 0 Å². The summed E-state index contributed by atoms with van der Waals surface area (Å²) >= 11 is 0. The van der Waals surface area contributed by atoms with Crippen molar-refractivity contribution in [3.63, 3.8) is 0 Å². The van der Waals surface area contributed by atoms with Crippen LogP contribution in [0.5, 0.6) is 5.75 Å². The Kier molecular flexibility index (Phi) is 5.46. The number of benzene rings is 2. The molecule has 0 spiro atoms. The van der Waals surface area contributed by atoms with Crippen molar-refractivity contribution in [1.29, 1.82) is 0 Å². The fraction of sp³-hybridized carbons (Fsp3) is 0.316. The second-order valence-corrected chi connectivity index (χ2v) is 5.60. The number of carbonyl (C=O) groups is 1. The van der Waals surface area contributed by atoms with Gasteiger partial charge in [0.2, 0.25) is 0 Å². The molecule has 0 radical (unpaired) electrons. The van der Waals surface area contributed by atoms with Gasteiger partial charge in [-0.05, 0) is 29.3 Å². The van der Waals surface area contributed by atoms with E-state index < -0.39 is 0 Å². The van der Waals surface area contributed by atoms with Gasteiger partial charge in [-0.2, -0.15) is 0 Å². The Hall–Kier alpha value is -2.37. The maximum absolute atomic E-state index is 12.0. The van der Waals surface area contributed by atoms with E-state index in [-0.39, 0.29) is 12.0 Å². The van der Waals surface area contributed by atoms with Gasteiger partial charge in [0.1, 0.15) is 12.4 Å². The maximum Gasteiger partial charge on any atom is 0.338 e. The van der Waals surface area contributed by atoms with Crippen molar-refractivity contribution in [3.8, 4) is 5.75 Å². The fourth-order valence-corrected chi connectivity index (χ4v) is 2.72. The van der Waals surface area contributed by atoms with Crippen LogP contribution in [0.3, 0.4) is 0 Å². The zero-order valence-corrected chi connectivity index (χ0v) is 13.7. The summed E-state index contributed by atoms with van der Waals surface area (Å²) in [5.74, 6) is 0.362. The first-order valence-electron chi connectivity index (χ1n) is 7.98. The van der Waals surface area contributed by atoms with Crippen LogP contribution in [0.1, 0.15) is 27.5 Å². The molecule has 1 fully saturated rings. The summed E-state index contributed by atoms with van der Waals surface area (Å²) in [6.07, 6.45) is 0. The van der Waals surface area contributed by atoms with E-state index in [1.54, 1.807) is 12.1 Å². The van der Waals surface area contributed by atoms with Crippen molar-refractivity contribution in [2.45, 2.75) is 12.6 Å². The Morgan fingerprint density at radius 3 is 2.79 bits per heavy atom. The largest absolute Gasteiger partial charge is 0.489 e. The molecular formula is C19H21NO4. The molecule has 0 aromatic heterocycles. The Morgan fingerprint density at radius 2 is 2.08 bits per heavy atom. The number of methoxy groups -OCH3 is 1. The first kappa shape index (κ1) is 16.5. The molecule has 5 nitrogen and oxygen atoms in total. The summed E-state index contributed by atoms with van der Waals surface area (Å²) < 4.78 is 16.3. The summed E-state index contributed by atoms with van der Waals surface area (Å²) in [5.41, 5.74) is 2.47. The van der Waals surface area contributed by atoms with Crippen LogP contribution in [-0.4, -0.2) is 32.8 Å². The quantitative estimate of drug-likeness (QED) is 0.856. The number of morpholine rings is 1. The lowest BCUT2D eigenvalue weighted by atomic mass is 9.99. The van der Waals surface area contributed by atoms with Gasteiger partial charge < -0.3 is 19.5 Å². The van der Waals surface area contributed by atoms with E-state index in [0.717, 1.165) is 17.7 Å². The van der Waals surface area contributed by atoms with E-state index in [1.807, 2.05) is 36.4 Å².